The number of nitriles is 1. The number of piperazine rings is 1. The van der Waals surface area contributed by atoms with Gasteiger partial charge in [-0.3, -0.25) is 4.90 Å². The lowest BCUT2D eigenvalue weighted by atomic mass is 10.2. The number of nitrogens with zero attached hydrogens (tertiary/aromatic N) is 5. The summed E-state index contributed by atoms with van der Waals surface area (Å²) in [5.41, 5.74) is 1.59. The van der Waals surface area contributed by atoms with E-state index in [1.54, 1.807) is 6.07 Å². The Bertz CT molecular complexity index is 723. The van der Waals surface area contributed by atoms with E-state index in [4.69, 9.17) is 9.78 Å². The first-order valence-electron chi connectivity index (χ1n) is 8.12. The van der Waals surface area contributed by atoms with Gasteiger partial charge in [0.25, 0.3) is 0 Å². The van der Waals surface area contributed by atoms with E-state index in [2.05, 4.69) is 32.1 Å². The van der Waals surface area contributed by atoms with Crippen molar-refractivity contribution in [1.82, 2.24) is 15.0 Å². The van der Waals surface area contributed by atoms with E-state index in [-0.39, 0.29) is 0 Å². The normalized spacial score (nSPS) is 18.8. The average Bonchev–Trinajstić information content (AvgIpc) is 3.35. The van der Waals surface area contributed by atoms with Gasteiger partial charge in [0.2, 0.25) is 0 Å². The topological polar surface area (TPSA) is 69.2 Å². The summed E-state index contributed by atoms with van der Waals surface area (Å²) in [6, 6.07) is 9.80. The van der Waals surface area contributed by atoms with Crippen LogP contribution in [-0.2, 0) is 6.54 Å². The van der Waals surface area contributed by atoms with E-state index in [0.29, 0.717) is 11.6 Å². The minimum atomic E-state index is 0.471. The molecule has 3 heterocycles. The predicted octanol–water partition coefficient (Wildman–Crippen LogP) is 2.14. The monoisotopic (exact) mass is 309 g/mol. The fraction of sp³-hybridized carbons (Fsp3) is 0.471. The molecule has 2 aromatic rings. The molecular weight excluding hydrogens is 290 g/mol. The molecule has 0 unspecified atom stereocenters. The Labute approximate surface area is 135 Å². The highest BCUT2D eigenvalue weighted by Gasteiger charge is 2.27. The summed E-state index contributed by atoms with van der Waals surface area (Å²) < 4.78 is 5.46. The second-order valence-corrected chi connectivity index (χ2v) is 6.25. The number of rotatable bonds is 4. The van der Waals surface area contributed by atoms with E-state index >= 15 is 0 Å². The van der Waals surface area contributed by atoms with Crippen LogP contribution in [0.4, 0.5) is 5.82 Å². The highest BCUT2D eigenvalue weighted by molar-refractivity contribution is 5.42. The quantitative estimate of drug-likeness (QED) is 0.862. The molecule has 6 nitrogen and oxygen atoms in total. The van der Waals surface area contributed by atoms with Crippen LogP contribution in [-0.4, -0.2) is 41.2 Å². The zero-order valence-electron chi connectivity index (χ0n) is 13.0. The van der Waals surface area contributed by atoms with Crippen molar-refractivity contribution in [1.29, 1.82) is 5.26 Å². The molecule has 6 heteroatoms. The standard InChI is InChI=1S/C17H19N5O/c18-11-14-2-1-3-17(19-14)22-8-6-21(7-9-22)12-15-10-16(20-23-15)13-4-5-13/h1-3,10,13H,4-9,12H2. The summed E-state index contributed by atoms with van der Waals surface area (Å²) in [4.78, 5) is 8.98. The lowest BCUT2D eigenvalue weighted by Gasteiger charge is -2.34. The minimum Gasteiger partial charge on any atom is -0.360 e. The van der Waals surface area contributed by atoms with Gasteiger partial charge in [-0.1, -0.05) is 11.2 Å². The van der Waals surface area contributed by atoms with Gasteiger partial charge in [-0.15, -0.1) is 0 Å². The molecule has 2 aliphatic rings. The Hall–Kier alpha value is -2.39. The summed E-state index contributed by atoms with van der Waals surface area (Å²) >= 11 is 0. The first kappa shape index (κ1) is 14.2. The van der Waals surface area contributed by atoms with E-state index in [9.17, 15) is 0 Å². The van der Waals surface area contributed by atoms with Gasteiger partial charge in [0.05, 0.1) is 12.2 Å². The maximum absolute atomic E-state index is 8.96. The van der Waals surface area contributed by atoms with Gasteiger partial charge in [0, 0.05) is 38.2 Å². The molecule has 1 aliphatic carbocycles. The van der Waals surface area contributed by atoms with Crippen LogP contribution < -0.4 is 4.90 Å². The maximum Gasteiger partial charge on any atom is 0.150 e. The summed E-state index contributed by atoms with van der Waals surface area (Å²) in [5, 5.41) is 13.1. The Morgan fingerprint density at radius 3 is 2.78 bits per heavy atom. The molecule has 2 aromatic heterocycles. The minimum absolute atomic E-state index is 0.471. The van der Waals surface area contributed by atoms with Crippen molar-refractivity contribution in [2.45, 2.75) is 25.3 Å². The third-order valence-electron chi connectivity index (χ3n) is 4.50. The van der Waals surface area contributed by atoms with Crippen LogP contribution >= 0.6 is 0 Å². The molecule has 1 aliphatic heterocycles. The van der Waals surface area contributed by atoms with Crippen molar-refractivity contribution in [3.8, 4) is 6.07 Å². The predicted molar refractivity (Wildman–Crippen MR) is 84.9 cm³/mol. The number of aromatic nitrogens is 2. The SMILES string of the molecule is N#Cc1cccc(N2CCN(Cc3cc(C4CC4)no3)CC2)n1. The molecule has 0 bridgehead atoms. The van der Waals surface area contributed by atoms with Gasteiger partial charge in [0.1, 0.15) is 17.6 Å². The second-order valence-electron chi connectivity index (χ2n) is 6.25. The lowest BCUT2D eigenvalue weighted by molar-refractivity contribution is 0.219. The summed E-state index contributed by atoms with van der Waals surface area (Å²) in [5.74, 6) is 2.49. The van der Waals surface area contributed by atoms with Gasteiger partial charge in [-0.2, -0.15) is 5.26 Å². The molecule has 2 fully saturated rings. The van der Waals surface area contributed by atoms with E-state index < -0.39 is 0 Å². The van der Waals surface area contributed by atoms with Gasteiger partial charge < -0.3 is 9.42 Å². The Morgan fingerprint density at radius 2 is 2.04 bits per heavy atom. The number of anilines is 1. The summed E-state index contributed by atoms with van der Waals surface area (Å²) in [6.45, 7) is 4.55. The Balaban J connectivity index is 1.34. The number of hydrogen-bond donors (Lipinski definition) is 0. The molecule has 1 saturated heterocycles. The van der Waals surface area contributed by atoms with Crippen molar-refractivity contribution in [3.05, 3.63) is 41.4 Å². The van der Waals surface area contributed by atoms with Crippen LogP contribution in [0.25, 0.3) is 0 Å². The molecule has 0 aromatic carbocycles. The van der Waals surface area contributed by atoms with E-state index in [1.165, 1.54) is 12.8 Å². The highest BCUT2D eigenvalue weighted by atomic mass is 16.5. The first-order chi connectivity index (χ1) is 11.3. The molecule has 0 radical (unpaired) electrons. The van der Waals surface area contributed by atoms with Crippen molar-refractivity contribution in [2.24, 2.45) is 0 Å². The van der Waals surface area contributed by atoms with Crippen molar-refractivity contribution in [2.75, 3.05) is 31.1 Å². The van der Waals surface area contributed by atoms with Crippen LogP contribution in [0.3, 0.4) is 0 Å². The lowest BCUT2D eigenvalue weighted by Crippen LogP contribution is -2.46. The second kappa shape index (κ2) is 6.01. The van der Waals surface area contributed by atoms with Gasteiger partial charge in [-0.05, 0) is 25.0 Å². The van der Waals surface area contributed by atoms with Crippen molar-refractivity contribution in [3.63, 3.8) is 0 Å². The molecule has 4 rings (SSSR count). The first-order valence-corrected chi connectivity index (χ1v) is 8.12. The van der Waals surface area contributed by atoms with Gasteiger partial charge >= 0.3 is 0 Å². The van der Waals surface area contributed by atoms with Crippen LogP contribution in [0.2, 0.25) is 0 Å². The molecule has 118 valence electrons. The zero-order valence-corrected chi connectivity index (χ0v) is 13.0. The van der Waals surface area contributed by atoms with E-state index in [0.717, 1.165) is 50.0 Å². The highest BCUT2D eigenvalue weighted by Crippen LogP contribution is 2.39. The third-order valence-corrected chi connectivity index (χ3v) is 4.50. The van der Waals surface area contributed by atoms with Crippen LogP contribution in [0.15, 0.2) is 28.8 Å². The number of pyridine rings is 1. The van der Waals surface area contributed by atoms with Gasteiger partial charge in [0.15, 0.2) is 5.76 Å². The molecule has 0 amide bonds. The van der Waals surface area contributed by atoms with Gasteiger partial charge in [-0.25, -0.2) is 4.98 Å². The van der Waals surface area contributed by atoms with Crippen LogP contribution in [0, 0.1) is 11.3 Å². The maximum atomic E-state index is 8.96. The molecule has 0 atom stereocenters. The third kappa shape index (κ3) is 3.20. The summed E-state index contributed by atoms with van der Waals surface area (Å²) in [6.07, 6.45) is 2.50. The van der Waals surface area contributed by atoms with Crippen molar-refractivity contribution >= 4 is 5.82 Å². The summed E-state index contributed by atoms with van der Waals surface area (Å²) in [7, 11) is 0. The molecule has 23 heavy (non-hydrogen) atoms. The average molecular weight is 309 g/mol. The molecular formula is C17H19N5O. The number of hydrogen-bond acceptors (Lipinski definition) is 6. The molecule has 0 spiro atoms. The zero-order chi connectivity index (χ0) is 15.6. The Morgan fingerprint density at radius 1 is 1.22 bits per heavy atom. The van der Waals surface area contributed by atoms with Crippen LogP contribution in [0.1, 0.15) is 35.9 Å². The Kier molecular flexibility index (Phi) is 3.72. The molecule has 1 saturated carbocycles. The fourth-order valence-electron chi connectivity index (χ4n) is 2.99. The van der Waals surface area contributed by atoms with E-state index in [1.807, 2.05) is 12.1 Å². The fourth-order valence-corrected chi connectivity index (χ4v) is 2.99. The molecule has 0 N–H and O–H groups in total. The van der Waals surface area contributed by atoms with Crippen LogP contribution in [0.5, 0.6) is 0 Å². The smallest absolute Gasteiger partial charge is 0.150 e. The largest absolute Gasteiger partial charge is 0.360 e. The van der Waals surface area contributed by atoms with Crippen molar-refractivity contribution < 1.29 is 4.52 Å².